The maximum absolute atomic E-state index is 13.5. The highest BCUT2D eigenvalue weighted by Gasteiger charge is 2.19. The number of hydrogen-bond donors (Lipinski definition) is 1. The first kappa shape index (κ1) is 13.6. The van der Waals surface area contributed by atoms with Crippen molar-refractivity contribution in [1.82, 2.24) is 0 Å². The molecular weight excluding hydrogens is 269 g/mol. The zero-order chi connectivity index (χ0) is 15.0. The molecule has 0 amide bonds. The van der Waals surface area contributed by atoms with Gasteiger partial charge >= 0.3 is 0 Å². The average molecular weight is 285 g/mol. The Labute approximate surface area is 122 Å². The van der Waals surface area contributed by atoms with Crippen molar-refractivity contribution in [3.8, 4) is 5.75 Å². The fraction of sp³-hybridized carbons (Fsp3) is 0.176. The number of aryl methyl sites for hydroxylation is 1. The third-order valence-corrected chi connectivity index (χ3v) is 3.52. The third kappa shape index (κ3) is 2.50. The Morgan fingerprint density at radius 1 is 1.14 bits per heavy atom. The van der Waals surface area contributed by atoms with E-state index in [1.807, 2.05) is 31.2 Å². The van der Waals surface area contributed by atoms with Crippen molar-refractivity contribution in [2.75, 3.05) is 7.11 Å². The van der Waals surface area contributed by atoms with Gasteiger partial charge in [-0.05, 0) is 43.3 Å². The Bertz CT molecular complexity index is 795. The van der Waals surface area contributed by atoms with Crippen LogP contribution in [0.2, 0.25) is 0 Å². The molecule has 0 spiro atoms. The first-order chi connectivity index (χ1) is 10.1. The molecule has 0 fully saturated rings. The van der Waals surface area contributed by atoms with Gasteiger partial charge in [-0.25, -0.2) is 4.39 Å². The number of rotatable bonds is 3. The quantitative estimate of drug-likeness (QED) is 0.793. The van der Waals surface area contributed by atoms with E-state index in [0.29, 0.717) is 17.1 Å². The summed E-state index contributed by atoms with van der Waals surface area (Å²) in [5, 5.41) is 0.982. The molecule has 3 nitrogen and oxygen atoms in total. The van der Waals surface area contributed by atoms with Gasteiger partial charge in [0.2, 0.25) is 0 Å². The standard InChI is InChI=1S/C17H16FNO2/c1-10-3-5-14-11(7-10)8-16(21-14)17(19)13-9-12(18)4-6-15(13)20-2/h3-9,17H,19H2,1-2H3. The SMILES string of the molecule is COc1ccc(F)cc1C(N)c1cc2cc(C)ccc2o1. The molecule has 1 aromatic heterocycles. The lowest BCUT2D eigenvalue weighted by molar-refractivity contribution is 0.403. The summed E-state index contributed by atoms with van der Waals surface area (Å²) in [6.45, 7) is 2.02. The van der Waals surface area contributed by atoms with Crippen LogP contribution in [-0.2, 0) is 0 Å². The van der Waals surface area contributed by atoms with Crippen molar-refractivity contribution in [3.05, 3.63) is 65.2 Å². The number of benzene rings is 2. The molecule has 0 aliphatic heterocycles. The van der Waals surface area contributed by atoms with Crippen LogP contribution in [0.3, 0.4) is 0 Å². The van der Waals surface area contributed by atoms with Crippen molar-refractivity contribution in [2.45, 2.75) is 13.0 Å². The lowest BCUT2D eigenvalue weighted by Gasteiger charge is -2.13. The van der Waals surface area contributed by atoms with Crippen LogP contribution < -0.4 is 10.5 Å². The van der Waals surface area contributed by atoms with Crippen molar-refractivity contribution in [3.63, 3.8) is 0 Å². The molecule has 0 saturated heterocycles. The van der Waals surface area contributed by atoms with Gasteiger partial charge in [0.15, 0.2) is 0 Å². The summed E-state index contributed by atoms with van der Waals surface area (Å²) < 4.78 is 24.5. The number of ether oxygens (including phenoxy) is 1. The smallest absolute Gasteiger partial charge is 0.134 e. The molecule has 0 saturated carbocycles. The van der Waals surface area contributed by atoms with Gasteiger partial charge in [-0.15, -0.1) is 0 Å². The molecule has 3 aromatic rings. The molecule has 21 heavy (non-hydrogen) atoms. The second-order valence-electron chi connectivity index (χ2n) is 5.05. The minimum Gasteiger partial charge on any atom is -0.496 e. The van der Waals surface area contributed by atoms with E-state index in [2.05, 4.69) is 0 Å². The second-order valence-corrected chi connectivity index (χ2v) is 5.05. The number of hydrogen-bond acceptors (Lipinski definition) is 3. The van der Waals surface area contributed by atoms with Gasteiger partial charge in [0.25, 0.3) is 0 Å². The molecule has 108 valence electrons. The van der Waals surface area contributed by atoms with E-state index in [1.54, 1.807) is 6.07 Å². The van der Waals surface area contributed by atoms with Gasteiger partial charge in [0.05, 0.1) is 13.2 Å². The van der Waals surface area contributed by atoms with Gasteiger partial charge in [0.1, 0.15) is 22.9 Å². The Balaban J connectivity index is 2.07. The minimum absolute atomic E-state index is 0.354. The van der Waals surface area contributed by atoms with Gasteiger partial charge in [-0.3, -0.25) is 0 Å². The topological polar surface area (TPSA) is 48.4 Å². The van der Waals surface area contributed by atoms with Crippen LogP contribution in [0, 0.1) is 12.7 Å². The summed E-state index contributed by atoms with van der Waals surface area (Å²) in [6.07, 6.45) is 0. The highest BCUT2D eigenvalue weighted by atomic mass is 19.1. The molecule has 4 heteroatoms. The minimum atomic E-state index is -0.580. The van der Waals surface area contributed by atoms with E-state index in [-0.39, 0.29) is 5.82 Å². The van der Waals surface area contributed by atoms with Gasteiger partial charge < -0.3 is 14.9 Å². The van der Waals surface area contributed by atoms with Gasteiger partial charge in [-0.2, -0.15) is 0 Å². The Morgan fingerprint density at radius 3 is 2.71 bits per heavy atom. The van der Waals surface area contributed by atoms with Crippen LogP contribution in [0.25, 0.3) is 11.0 Å². The molecule has 2 N–H and O–H groups in total. The monoisotopic (exact) mass is 285 g/mol. The van der Waals surface area contributed by atoms with E-state index in [9.17, 15) is 4.39 Å². The van der Waals surface area contributed by atoms with Crippen LogP contribution in [0.15, 0.2) is 46.9 Å². The largest absolute Gasteiger partial charge is 0.496 e. The molecule has 0 aliphatic rings. The van der Waals surface area contributed by atoms with E-state index >= 15 is 0 Å². The van der Waals surface area contributed by atoms with Gasteiger partial charge in [0, 0.05) is 10.9 Å². The molecule has 0 aliphatic carbocycles. The summed E-state index contributed by atoms with van der Waals surface area (Å²) in [7, 11) is 1.53. The first-order valence-corrected chi connectivity index (χ1v) is 6.67. The second kappa shape index (κ2) is 5.22. The maximum atomic E-state index is 13.5. The van der Waals surface area contributed by atoms with Crippen LogP contribution in [0.4, 0.5) is 4.39 Å². The average Bonchev–Trinajstić information content (AvgIpc) is 2.89. The Morgan fingerprint density at radius 2 is 1.95 bits per heavy atom. The van der Waals surface area contributed by atoms with E-state index in [1.165, 1.54) is 19.2 Å². The van der Waals surface area contributed by atoms with E-state index in [4.69, 9.17) is 14.9 Å². The van der Waals surface area contributed by atoms with E-state index < -0.39 is 6.04 Å². The van der Waals surface area contributed by atoms with Crippen molar-refractivity contribution in [1.29, 1.82) is 0 Å². The molecule has 2 aromatic carbocycles. The number of nitrogens with two attached hydrogens (primary N) is 1. The van der Waals surface area contributed by atoms with Crippen LogP contribution in [0.1, 0.15) is 22.9 Å². The first-order valence-electron chi connectivity index (χ1n) is 6.67. The number of methoxy groups -OCH3 is 1. The summed E-state index contributed by atoms with van der Waals surface area (Å²) in [5.41, 5.74) is 8.70. The molecule has 0 bridgehead atoms. The number of furan rings is 1. The summed E-state index contributed by atoms with van der Waals surface area (Å²) >= 11 is 0. The molecule has 1 atom stereocenters. The highest BCUT2D eigenvalue weighted by Crippen LogP contribution is 2.32. The highest BCUT2D eigenvalue weighted by molar-refractivity contribution is 5.79. The fourth-order valence-corrected chi connectivity index (χ4v) is 2.44. The van der Waals surface area contributed by atoms with Crippen LogP contribution >= 0.6 is 0 Å². The third-order valence-electron chi connectivity index (χ3n) is 3.52. The molecule has 0 radical (unpaired) electrons. The van der Waals surface area contributed by atoms with Crippen molar-refractivity contribution >= 4 is 11.0 Å². The zero-order valence-electron chi connectivity index (χ0n) is 11.9. The summed E-state index contributed by atoms with van der Waals surface area (Å²) in [4.78, 5) is 0. The molecule has 1 unspecified atom stereocenters. The van der Waals surface area contributed by atoms with Gasteiger partial charge in [-0.1, -0.05) is 11.6 Å². The van der Waals surface area contributed by atoms with Crippen molar-refractivity contribution in [2.24, 2.45) is 5.73 Å². The van der Waals surface area contributed by atoms with Crippen LogP contribution in [-0.4, -0.2) is 7.11 Å². The zero-order valence-corrected chi connectivity index (χ0v) is 11.9. The Hall–Kier alpha value is -2.33. The molecule has 3 rings (SSSR count). The van der Waals surface area contributed by atoms with Crippen molar-refractivity contribution < 1.29 is 13.5 Å². The summed E-state index contributed by atoms with van der Waals surface area (Å²) in [5.74, 6) is 0.772. The molecular formula is C17H16FNO2. The lowest BCUT2D eigenvalue weighted by atomic mass is 10.0. The molecule has 1 heterocycles. The number of fused-ring (bicyclic) bond motifs is 1. The van der Waals surface area contributed by atoms with Crippen LogP contribution in [0.5, 0.6) is 5.75 Å². The normalized spacial score (nSPS) is 12.6. The Kier molecular flexibility index (Phi) is 3.39. The predicted molar refractivity (Wildman–Crippen MR) is 79.9 cm³/mol. The predicted octanol–water partition coefficient (Wildman–Crippen LogP) is 3.94. The number of halogens is 1. The lowest BCUT2D eigenvalue weighted by Crippen LogP contribution is -2.12. The van der Waals surface area contributed by atoms with E-state index in [0.717, 1.165) is 16.5 Å². The fourth-order valence-electron chi connectivity index (χ4n) is 2.44. The summed E-state index contributed by atoms with van der Waals surface area (Å²) in [6, 6.07) is 11.5. The maximum Gasteiger partial charge on any atom is 0.134 e.